The molecule has 0 aliphatic carbocycles. The molecule has 0 saturated heterocycles. The van der Waals surface area contributed by atoms with Crippen LogP contribution < -0.4 is 27.0 Å². The van der Waals surface area contributed by atoms with Gasteiger partial charge in [-0.15, -0.1) is 5.53 Å². The van der Waals surface area contributed by atoms with Crippen LogP contribution in [-0.2, 0) is 13.2 Å². The molecule has 1 aromatic heterocycles. The molecule has 0 spiro atoms. The summed E-state index contributed by atoms with van der Waals surface area (Å²) in [4.78, 5) is 12.8. The summed E-state index contributed by atoms with van der Waals surface area (Å²) in [6, 6.07) is 7.95. The standard InChI is InChI=1S/C22H22F3N7O/c1-12-4-5-14(21(33)28-17-8-15(22(23,24)25)7-16(26)9-17)6-20(12)32-11-19(29-30-32)18-10-27-31(3)13(18)2/h4-11,29-30H,26H2,1-3H3,(H,28,33). The van der Waals surface area contributed by atoms with Crippen molar-refractivity contribution < 1.29 is 18.0 Å². The fraction of sp³-hybridized carbons (Fsp3) is 0.182. The van der Waals surface area contributed by atoms with Crippen molar-refractivity contribution in [3.8, 4) is 0 Å². The minimum atomic E-state index is -4.57. The number of hydrazine groups is 2. The highest BCUT2D eigenvalue weighted by atomic mass is 19.4. The maximum atomic E-state index is 13.1. The van der Waals surface area contributed by atoms with E-state index in [1.54, 1.807) is 34.1 Å². The molecule has 8 nitrogen and oxygen atoms in total. The molecule has 0 atom stereocenters. The van der Waals surface area contributed by atoms with Crippen molar-refractivity contribution in [2.75, 3.05) is 16.1 Å². The molecule has 2 heterocycles. The Labute approximate surface area is 187 Å². The fourth-order valence-electron chi connectivity index (χ4n) is 3.44. The van der Waals surface area contributed by atoms with Crippen LogP contribution in [0.4, 0.5) is 30.2 Å². The number of nitrogens with one attached hydrogen (secondary N) is 3. The number of rotatable bonds is 4. The molecule has 1 amide bonds. The summed E-state index contributed by atoms with van der Waals surface area (Å²) in [5.74, 6) is -0.561. The van der Waals surface area contributed by atoms with Gasteiger partial charge in [-0.05, 0) is 49.7 Å². The summed E-state index contributed by atoms with van der Waals surface area (Å²) in [5, 5.41) is 8.45. The zero-order valence-electron chi connectivity index (χ0n) is 18.1. The molecule has 0 fully saturated rings. The molecule has 172 valence electrons. The van der Waals surface area contributed by atoms with Crippen LogP contribution in [0.3, 0.4) is 0 Å². The zero-order valence-corrected chi connectivity index (χ0v) is 18.1. The molecule has 33 heavy (non-hydrogen) atoms. The second kappa shape index (κ2) is 8.17. The van der Waals surface area contributed by atoms with E-state index in [0.29, 0.717) is 5.69 Å². The smallest absolute Gasteiger partial charge is 0.399 e. The Balaban J connectivity index is 1.59. The van der Waals surface area contributed by atoms with E-state index in [9.17, 15) is 18.0 Å². The molecule has 1 aliphatic heterocycles. The number of aromatic nitrogens is 2. The summed E-state index contributed by atoms with van der Waals surface area (Å²) in [6.07, 6.45) is -0.991. The number of nitrogens with two attached hydrogens (primary N) is 1. The number of carbonyl (C=O) groups is 1. The van der Waals surface area contributed by atoms with E-state index in [4.69, 9.17) is 5.73 Å². The molecule has 0 unspecified atom stereocenters. The van der Waals surface area contributed by atoms with Crippen molar-refractivity contribution in [3.63, 3.8) is 0 Å². The van der Waals surface area contributed by atoms with Gasteiger partial charge in [-0.25, -0.2) is 0 Å². The van der Waals surface area contributed by atoms with Crippen LogP contribution in [0.5, 0.6) is 0 Å². The molecule has 5 N–H and O–H groups in total. The van der Waals surface area contributed by atoms with Crippen molar-refractivity contribution in [3.05, 3.63) is 76.7 Å². The minimum absolute atomic E-state index is 0.0374. The summed E-state index contributed by atoms with van der Waals surface area (Å²) in [5.41, 5.74) is 15.2. The highest BCUT2D eigenvalue weighted by molar-refractivity contribution is 6.05. The molecule has 1 aliphatic rings. The Morgan fingerprint density at radius 2 is 1.91 bits per heavy atom. The normalized spacial score (nSPS) is 13.6. The molecule has 2 aromatic carbocycles. The quantitative estimate of drug-likeness (QED) is 0.446. The van der Waals surface area contributed by atoms with Crippen molar-refractivity contribution >= 4 is 28.7 Å². The number of benzene rings is 2. The summed E-state index contributed by atoms with van der Waals surface area (Å²) in [6.45, 7) is 3.83. The van der Waals surface area contributed by atoms with Crippen LogP contribution in [-0.4, -0.2) is 15.7 Å². The molecular weight excluding hydrogens is 435 g/mol. The first-order valence-corrected chi connectivity index (χ1v) is 9.94. The Morgan fingerprint density at radius 1 is 1.15 bits per heavy atom. The Morgan fingerprint density at radius 3 is 2.58 bits per heavy atom. The lowest BCUT2D eigenvalue weighted by Crippen LogP contribution is -2.36. The van der Waals surface area contributed by atoms with E-state index in [2.05, 4.69) is 21.4 Å². The van der Waals surface area contributed by atoms with Gasteiger partial charge >= 0.3 is 6.18 Å². The number of nitrogens with zero attached hydrogens (tertiary/aromatic N) is 3. The molecular formula is C22H22F3N7O. The van der Waals surface area contributed by atoms with Gasteiger partial charge in [0.05, 0.1) is 23.1 Å². The predicted octanol–water partition coefficient (Wildman–Crippen LogP) is 3.72. The van der Waals surface area contributed by atoms with Gasteiger partial charge in [-0.3, -0.25) is 14.5 Å². The largest absolute Gasteiger partial charge is 0.416 e. The number of anilines is 3. The van der Waals surface area contributed by atoms with Gasteiger partial charge in [0.15, 0.2) is 0 Å². The summed E-state index contributed by atoms with van der Waals surface area (Å²) >= 11 is 0. The van der Waals surface area contributed by atoms with E-state index >= 15 is 0 Å². The van der Waals surface area contributed by atoms with Gasteiger partial charge in [0.25, 0.3) is 5.91 Å². The topological polar surface area (TPSA) is 100 Å². The Bertz CT molecular complexity index is 1260. The van der Waals surface area contributed by atoms with Gasteiger partial charge in [-0.1, -0.05) is 6.07 Å². The first-order valence-electron chi connectivity index (χ1n) is 9.94. The van der Waals surface area contributed by atoms with E-state index in [-0.39, 0.29) is 16.9 Å². The monoisotopic (exact) mass is 457 g/mol. The second-order valence-corrected chi connectivity index (χ2v) is 7.71. The first-order chi connectivity index (χ1) is 15.5. The van der Waals surface area contributed by atoms with E-state index in [1.165, 1.54) is 6.07 Å². The van der Waals surface area contributed by atoms with Crippen molar-refractivity contribution in [1.82, 2.24) is 20.7 Å². The molecule has 3 aromatic rings. The lowest BCUT2D eigenvalue weighted by atomic mass is 10.1. The molecule has 11 heteroatoms. The van der Waals surface area contributed by atoms with E-state index < -0.39 is 17.6 Å². The van der Waals surface area contributed by atoms with Gasteiger partial charge in [0, 0.05) is 41.4 Å². The number of nitrogen functional groups attached to an aromatic ring is 1. The van der Waals surface area contributed by atoms with Crippen molar-refractivity contribution in [2.45, 2.75) is 20.0 Å². The summed E-state index contributed by atoms with van der Waals surface area (Å²) < 4.78 is 40.9. The van der Waals surface area contributed by atoms with Crippen LogP contribution in [0, 0.1) is 13.8 Å². The Kier molecular flexibility index (Phi) is 5.50. The van der Waals surface area contributed by atoms with Crippen molar-refractivity contribution in [2.24, 2.45) is 7.05 Å². The SMILES string of the molecule is Cc1ccc(C(=O)Nc2cc(N)cc(C(F)(F)F)c2)cc1N1C=C(c2cnn(C)c2C)NN1. The fourth-order valence-corrected chi connectivity index (χ4v) is 3.44. The molecule has 4 rings (SSSR count). The molecule has 0 radical (unpaired) electrons. The van der Waals surface area contributed by atoms with E-state index in [0.717, 1.165) is 34.7 Å². The van der Waals surface area contributed by atoms with Gasteiger partial charge in [0.1, 0.15) is 0 Å². The number of amides is 1. The maximum absolute atomic E-state index is 13.1. The number of halogens is 3. The highest BCUT2D eigenvalue weighted by Gasteiger charge is 2.31. The third-order valence-electron chi connectivity index (χ3n) is 5.37. The van der Waals surface area contributed by atoms with Crippen LogP contribution in [0.25, 0.3) is 5.70 Å². The minimum Gasteiger partial charge on any atom is -0.399 e. The van der Waals surface area contributed by atoms with Crippen LogP contribution in [0.2, 0.25) is 0 Å². The van der Waals surface area contributed by atoms with E-state index in [1.807, 2.05) is 27.1 Å². The number of carbonyl (C=O) groups excluding carboxylic acids is 1. The van der Waals surface area contributed by atoms with Crippen molar-refractivity contribution in [1.29, 1.82) is 0 Å². The zero-order chi connectivity index (χ0) is 23.9. The van der Waals surface area contributed by atoms with Gasteiger partial charge in [-0.2, -0.15) is 18.3 Å². The van der Waals surface area contributed by atoms with Gasteiger partial charge in [0.2, 0.25) is 0 Å². The number of hydrogen-bond donors (Lipinski definition) is 4. The third-order valence-corrected chi connectivity index (χ3v) is 5.37. The molecule has 0 bridgehead atoms. The maximum Gasteiger partial charge on any atom is 0.416 e. The van der Waals surface area contributed by atoms with Crippen LogP contribution >= 0.6 is 0 Å². The third kappa shape index (κ3) is 4.48. The lowest BCUT2D eigenvalue weighted by Gasteiger charge is -2.19. The predicted molar refractivity (Wildman–Crippen MR) is 120 cm³/mol. The average molecular weight is 457 g/mol. The summed E-state index contributed by atoms with van der Waals surface area (Å²) in [7, 11) is 1.85. The highest BCUT2D eigenvalue weighted by Crippen LogP contribution is 2.33. The number of alkyl halides is 3. The van der Waals surface area contributed by atoms with Crippen LogP contribution in [0.1, 0.15) is 32.7 Å². The lowest BCUT2D eigenvalue weighted by molar-refractivity contribution is -0.137. The average Bonchev–Trinajstić information content (AvgIpc) is 3.34. The second-order valence-electron chi connectivity index (χ2n) is 7.71. The Hall–Kier alpha value is -3.99. The van der Waals surface area contributed by atoms with Crippen LogP contribution in [0.15, 0.2) is 48.8 Å². The number of hydrogen-bond acceptors (Lipinski definition) is 6. The first kappa shape index (κ1) is 22.2. The molecule has 0 saturated carbocycles. The van der Waals surface area contributed by atoms with Gasteiger partial charge < -0.3 is 16.5 Å². The number of aryl methyl sites for hydroxylation is 2.